The first kappa shape index (κ1) is 23.4. The van der Waals surface area contributed by atoms with E-state index in [9.17, 15) is 9.18 Å². The van der Waals surface area contributed by atoms with Gasteiger partial charge >= 0.3 is 0 Å². The second-order valence-corrected chi connectivity index (χ2v) is 7.05. The minimum atomic E-state index is -0.539. The Kier molecular flexibility index (Phi) is 7.72. The van der Waals surface area contributed by atoms with Crippen molar-refractivity contribution < 1.29 is 9.18 Å². The Morgan fingerprint density at radius 1 is 1.21 bits per heavy atom. The highest BCUT2D eigenvalue weighted by atomic mass is 35.5. The van der Waals surface area contributed by atoms with Gasteiger partial charge in [0.25, 0.3) is 0 Å². The number of nitrogens with two attached hydrogens (primary N) is 1. The molecule has 1 aromatic heterocycles. The van der Waals surface area contributed by atoms with Gasteiger partial charge in [0.2, 0.25) is 11.9 Å². The number of hydrogen-bond donors (Lipinski definition) is 4. The lowest BCUT2D eigenvalue weighted by Crippen LogP contribution is -2.10. The second kappa shape index (κ2) is 10.9. The van der Waals surface area contributed by atoms with Crippen LogP contribution in [0, 0.1) is 5.82 Å². The summed E-state index contributed by atoms with van der Waals surface area (Å²) in [6.45, 7) is 3.41. The lowest BCUT2D eigenvalue weighted by molar-refractivity contribution is -0.111. The highest BCUT2D eigenvalue weighted by Gasteiger charge is 2.14. The van der Waals surface area contributed by atoms with Crippen LogP contribution in [0.1, 0.15) is 0 Å². The molecule has 3 aromatic rings. The Balaban J connectivity index is 2.04. The van der Waals surface area contributed by atoms with Gasteiger partial charge in [-0.3, -0.25) is 9.79 Å². The van der Waals surface area contributed by atoms with Crippen molar-refractivity contribution in [3.8, 4) is 11.1 Å². The van der Waals surface area contributed by atoms with E-state index in [-0.39, 0.29) is 11.6 Å². The van der Waals surface area contributed by atoms with E-state index < -0.39 is 11.7 Å². The minimum Gasteiger partial charge on any atom is -0.403 e. The van der Waals surface area contributed by atoms with Crippen molar-refractivity contribution in [2.24, 2.45) is 10.7 Å². The van der Waals surface area contributed by atoms with Crippen molar-refractivity contribution in [3.05, 3.63) is 84.1 Å². The standard InChI is InChI=1S/C23H21ClFN7O/c1-3-21(33)29-16-8-9-19(25)20(10-16)31-22-18(14-4-6-15(24)7-5-14)13-28-23(32-22)30-17(11-26)12-27-2/h3-13H,1,26H2,2H3,(H,29,33)(H2,28,30,31,32)/b17-11+,27-12?. The van der Waals surface area contributed by atoms with Crippen LogP contribution in [0.25, 0.3) is 11.1 Å². The third-order valence-corrected chi connectivity index (χ3v) is 4.57. The van der Waals surface area contributed by atoms with Gasteiger partial charge in [-0.05, 0) is 42.0 Å². The summed E-state index contributed by atoms with van der Waals surface area (Å²) in [6.07, 6.45) is 5.54. The van der Waals surface area contributed by atoms with Crippen molar-refractivity contribution in [1.29, 1.82) is 0 Å². The zero-order valence-electron chi connectivity index (χ0n) is 17.6. The van der Waals surface area contributed by atoms with Crippen LogP contribution in [-0.2, 0) is 4.79 Å². The number of nitrogens with one attached hydrogen (secondary N) is 3. The minimum absolute atomic E-state index is 0.0986. The molecule has 0 aliphatic heterocycles. The maximum atomic E-state index is 14.6. The molecule has 0 fully saturated rings. The molecule has 0 spiro atoms. The van der Waals surface area contributed by atoms with Crippen molar-refractivity contribution in [2.45, 2.75) is 0 Å². The van der Waals surface area contributed by atoms with Gasteiger partial charge in [0.05, 0.1) is 11.4 Å². The van der Waals surface area contributed by atoms with Crippen molar-refractivity contribution in [1.82, 2.24) is 9.97 Å². The molecule has 0 bridgehead atoms. The van der Waals surface area contributed by atoms with E-state index in [2.05, 4.69) is 37.5 Å². The molecule has 0 radical (unpaired) electrons. The number of hydrogen-bond acceptors (Lipinski definition) is 7. The Labute approximate surface area is 195 Å². The second-order valence-electron chi connectivity index (χ2n) is 6.61. The highest BCUT2D eigenvalue weighted by Crippen LogP contribution is 2.32. The van der Waals surface area contributed by atoms with Gasteiger partial charge in [0.1, 0.15) is 11.6 Å². The SMILES string of the molecule is C=CC(=O)Nc1ccc(F)c(Nc2nc(N/C(C=NC)=C/N)ncc2-c2ccc(Cl)cc2)c1. The van der Waals surface area contributed by atoms with Gasteiger partial charge in [-0.1, -0.05) is 30.3 Å². The summed E-state index contributed by atoms with van der Waals surface area (Å²) < 4.78 is 14.6. The number of carbonyl (C=O) groups excluding carboxylic acids is 1. The average Bonchev–Trinajstić information content (AvgIpc) is 2.81. The summed E-state index contributed by atoms with van der Waals surface area (Å²) in [5, 5.41) is 9.10. The zero-order valence-corrected chi connectivity index (χ0v) is 18.4. The fourth-order valence-electron chi connectivity index (χ4n) is 2.78. The normalized spacial score (nSPS) is 11.3. The molecule has 0 saturated heterocycles. The number of allylic oxidation sites excluding steroid dienone is 1. The van der Waals surface area contributed by atoms with E-state index in [0.29, 0.717) is 27.8 Å². The van der Waals surface area contributed by atoms with Crippen LogP contribution in [0.15, 0.2) is 78.2 Å². The number of carbonyl (C=O) groups is 1. The molecule has 0 aliphatic rings. The van der Waals surface area contributed by atoms with E-state index in [0.717, 1.165) is 11.6 Å². The molecule has 8 nitrogen and oxygen atoms in total. The number of aromatic nitrogens is 2. The van der Waals surface area contributed by atoms with E-state index in [1.54, 1.807) is 37.5 Å². The maximum Gasteiger partial charge on any atom is 0.247 e. The van der Waals surface area contributed by atoms with Crippen molar-refractivity contribution in [2.75, 3.05) is 23.0 Å². The van der Waals surface area contributed by atoms with Crippen LogP contribution in [0.4, 0.5) is 27.5 Å². The molecule has 2 aromatic carbocycles. The van der Waals surface area contributed by atoms with Gasteiger partial charge in [-0.2, -0.15) is 4.98 Å². The largest absolute Gasteiger partial charge is 0.403 e. The lowest BCUT2D eigenvalue weighted by atomic mass is 10.1. The molecule has 1 heterocycles. The van der Waals surface area contributed by atoms with Gasteiger partial charge in [0.15, 0.2) is 0 Å². The highest BCUT2D eigenvalue weighted by molar-refractivity contribution is 6.30. The summed E-state index contributed by atoms with van der Waals surface area (Å²) in [5.74, 6) is -0.432. The van der Waals surface area contributed by atoms with Crippen LogP contribution >= 0.6 is 11.6 Å². The van der Waals surface area contributed by atoms with Crippen molar-refractivity contribution >= 4 is 46.9 Å². The molecule has 0 saturated carbocycles. The Bertz CT molecular complexity index is 1230. The summed E-state index contributed by atoms with van der Waals surface area (Å²) in [4.78, 5) is 24.3. The predicted molar refractivity (Wildman–Crippen MR) is 131 cm³/mol. The third kappa shape index (κ3) is 6.14. The number of nitrogens with zero attached hydrogens (tertiary/aromatic N) is 3. The van der Waals surface area contributed by atoms with Crippen LogP contribution in [0.3, 0.4) is 0 Å². The van der Waals surface area contributed by atoms with Crippen LogP contribution in [0.2, 0.25) is 5.02 Å². The van der Waals surface area contributed by atoms with Gasteiger partial charge in [0, 0.05) is 41.9 Å². The molecule has 0 unspecified atom stereocenters. The molecule has 1 amide bonds. The average molecular weight is 466 g/mol. The fraction of sp³-hybridized carbons (Fsp3) is 0.0435. The molecular weight excluding hydrogens is 445 g/mol. The van der Waals surface area contributed by atoms with E-state index >= 15 is 0 Å². The number of benzene rings is 2. The van der Waals surface area contributed by atoms with E-state index in [4.69, 9.17) is 17.3 Å². The van der Waals surface area contributed by atoms with Crippen molar-refractivity contribution in [3.63, 3.8) is 0 Å². The smallest absolute Gasteiger partial charge is 0.247 e. The fourth-order valence-corrected chi connectivity index (χ4v) is 2.91. The topological polar surface area (TPSA) is 117 Å². The van der Waals surface area contributed by atoms with Crippen LogP contribution < -0.4 is 21.7 Å². The lowest BCUT2D eigenvalue weighted by Gasteiger charge is -2.15. The van der Waals surface area contributed by atoms with E-state index in [1.807, 2.05) is 0 Å². The summed E-state index contributed by atoms with van der Waals surface area (Å²) in [6, 6.07) is 11.2. The molecule has 3 rings (SSSR count). The molecular formula is C23H21ClFN7O. The maximum absolute atomic E-state index is 14.6. The molecule has 10 heteroatoms. The summed E-state index contributed by atoms with van der Waals surface area (Å²) in [7, 11) is 1.60. The number of amides is 1. The van der Waals surface area contributed by atoms with Crippen LogP contribution in [-0.4, -0.2) is 29.1 Å². The first-order chi connectivity index (χ1) is 15.9. The Morgan fingerprint density at radius 2 is 1.97 bits per heavy atom. The van der Waals surface area contributed by atoms with E-state index in [1.165, 1.54) is 30.6 Å². The number of rotatable bonds is 8. The summed E-state index contributed by atoms with van der Waals surface area (Å²) >= 11 is 6.01. The summed E-state index contributed by atoms with van der Waals surface area (Å²) in [5.41, 5.74) is 7.92. The molecule has 0 atom stereocenters. The zero-order chi connectivity index (χ0) is 23.8. The number of halogens is 2. The molecule has 33 heavy (non-hydrogen) atoms. The van der Waals surface area contributed by atoms with Gasteiger partial charge in [-0.25, -0.2) is 9.37 Å². The van der Waals surface area contributed by atoms with Gasteiger partial charge in [-0.15, -0.1) is 0 Å². The molecule has 0 aliphatic carbocycles. The molecule has 5 N–H and O–H groups in total. The Hall–Kier alpha value is -4.24. The van der Waals surface area contributed by atoms with Gasteiger partial charge < -0.3 is 21.7 Å². The molecule has 168 valence electrons. The van der Waals surface area contributed by atoms with Crippen LogP contribution in [0.5, 0.6) is 0 Å². The monoisotopic (exact) mass is 465 g/mol. The third-order valence-electron chi connectivity index (χ3n) is 4.32. The Morgan fingerprint density at radius 3 is 2.64 bits per heavy atom. The number of anilines is 4. The first-order valence-corrected chi connectivity index (χ1v) is 10.1. The first-order valence-electron chi connectivity index (χ1n) is 9.67. The predicted octanol–water partition coefficient (Wildman–Crippen LogP) is 4.72. The quantitative estimate of drug-likeness (QED) is 0.282. The number of aliphatic imine (C=N–C) groups is 1.